The van der Waals surface area contributed by atoms with Gasteiger partial charge >= 0.3 is 0 Å². The summed E-state index contributed by atoms with van der Waals surface area (Å²) in [6.07, 6.45) is 3.74. The maximum atomic E-state index is 12.3. The molecule has 1 aromatic heterocycles. The molecule has 7 heteroatoms. The van der Waals surface area contributed by atoms with Crippen molar-refractivity contribution in [1.29, 1.82) is 0 Å². The first-order chi connectivity index (χ1) is 11.1. The monoisotopic (exact) mass is 333 g/mol. The van der Waals surface area contributed by atoms with Crippen molar-refractivity contribution in [2.24, 2.45) is 0 Å². The number of hydrogen-bond acceptors (Lipinski definition) is 4. The smallest absolute Gasteiger partial charge is 0.273 e. The largest absolute Gasteiger partial charge is 0.344 e. The van der Waals surface area contributed by atoms with Crippen LogP contribution in [0.25, 0.3) is 0 Å². The van der Waals surface area contributed by atoms with Crippen molar-refractivity contribution in [1.82, 2.24) is 25.6 Å². The Balaban J connectivity index is 1.65. The van der Waals surface area contributed by atoms with Crippen molar-refractivity contribution in [3.63, 3.8) is 0 Å². The van der Waals surface area contributed by atoms with E-state index in [2.05, 4.69) is 20.9 Å². The number of nitrogens with zero attached hydrogens (tertiary/aromatic N) is 3. The highest BCUT2D eigenvalue weighted by Crippen LogP contribution is 2.19. The summed E-state index contributed by atoms with van der Waals surface area (Å²) in [5.41, 5.74) is 1.30. The highest BCUT2D eigenvalue weighted by atomic mass is 35.5. The third-order valence-corrected chi connectivity index (χ3v) is 4.36. The first-order valence-corrected chi connectivity index (χ1v) is 8.20. The van der Waals surface area contributed by atoms with Gasteiger partial charge in [0.05, 0.1) is 18.3 Å². The zero-order chi connectivity index (χ0) is 16.2. The quantitative estimate of drug-likeness (QED) is 0.901. The lowest BCUT2D eigenvalue weighted by Gasteiger charge is -2.22. The van der Waals surface area contributed by atoms with E-state index in [1.807, 2.05) is 31.2 Å². The van der Waals surface area contributed by atoms with Crippen molar-refractivity contribution in [3.8, 4) is 0 Å². The van der Waals surface area contributed by atoms with Gasteiger partial charge in [-0.25, -0.2) is 4.68 Å². The minimum atomic E-state index is -0.224. The number of piperidine rings is 1. The second-order valence-corrected chi connectivity index (χ2v) is 6.25. The van der Waals surface area contributed by atoms with Gasteiger partial charge in [-0.05, 0) is 50.6 Å². The van der Waals surface area contributed by atoms with Crippen molar-refractivity contribution < 1.29 is 4.79 Å². The summed E-state index contributed by atoms with van der Waals surface area (Å²) in [4.78, 5) is 12.3. The molecule has 1 aliphatic rings. The molecule has 1 unspecified atom stereocenters. The summed E-state index contributed by atoms with van der Waals surface area (Å²) in [6, 6.07) is 7.62. The average Bonchev–Trinajstić information content (AvgIpc) is 3.06. The molecule has 0 radical (unpaired) electrons. The lowest BCUT2D eigenvalue weighted by Crippen LogP contribution is -2.29. The van der Waals surface area contributed by atoms with Crippen LogP contribution in [-0.2, 0) is 0 Å². The van der Waals surface area contributed by atoms with E-state index in [0.717, 1.165) is 31.5 Å². The maximum absolute atomic E-state index is 12.3. The lowest BCUT2D eigenvalue weighted by molar-refractivity contribution is 0.0934. The first kappa shape index (κ1) is 16.0. The van der Waals surface area contributed by atoms with E-state index >= 15 is 0 Å². The van der Waals surface area contributed by atoms with Crippen LogP contribution in [0.2, 0.25) is 5.02 Å². The zero-order valence-corrected chi connectivity index (χ0v) is 13.8. The fourth-order valence-electron chi connectivity index (χ4n) is 2.76. The summed E-state index contributed by atoms with van der Waals surface area (Å²) in [5.74, 6) is -0.224. The van der Waals surface area contributed by atoms with Crippen molar-refractivity contribution in [2.45, 2.75) is 31.8 Å². The molecule has 122 valence electrons. The Bertz CT molecular complexity index is 681. The number of rotatable bonds is 4. The van der Waals surface area contributed by atoms with Gasteiger partial charge in [-0.2, -0.15) is 0 Å². The first-order valence-electron chi connectivity index (χ1n) is 7.82. The predicted molar refractivity (Wildman–Crippen MR) is 88.5 cm³/mol. The highest BCUT2D eigenvalue weighted by Gasteiger charge is 2.19. The molecule has 1 aliphatic heterocycles. The fraction of sp³-hybridized carbons (Fsp3) is 0.438. The number of amides is 1. The second kappa shape index (κ2) is 7.10. The molecule has 0 bridgehead atoms. The molecule has 1 aromatic carbocycles. The zero-order valence-electron chi connectivity index (χ0n) is 13.0. The van der Waals surface area contributed by atoms with Gasteiger partial charge in [0.2, 0.25) is 0 Å². The summed E-state index contributed by atoms with van der Waals surface area (Å²) < 4.78 is 1.81. The van der Waals surface area contributed by atoms with E-state index in [-0.39, 0.29) is 11.9 Å². The van der Waals surface area contributed by atoms with Gasteiger partial charge < -0.3 is 10.6 Å². The van der Waals surface area contributed by atoms with Crippen molar-refractivity contribution in [2.75, 3.05) is 13.1 Å². The third-order valence-electron chi connectivity index (χ3n) is 4.12. The Morgan fingerprint density at radius 3 is 2.96 bits per heavy atom. The number of nitrogens with one attached hydrogen (secondary N) is 2. The number of hydrogen-bond donors (Lipinski definition) is 2. The standard InChI is InChI=1S/C16H20ClN5O/c1-11(12-3-2-4-13(17)9-12)19-16(23)15-10-22(21-20-15)14-5-7-18-8-6-14/h2-4,9-11,14,18H,5-8H2,1H3,(H,19,23). The van der Waals surface area contributed by atoms with Crippen molar-refractivity contribution in [3.05, 3.63) is 46.7 Å². The Morgan fingerprint density at radius 1 is 1.43 bits per heavy atom. The van der Waals surface area contributed by atoms with Gasteiger partial charge in [0.1, 0.15) is 0 Å². The van der Waals surface area contributed by atoms with Gasteiger partial charge in [0.15, 0.2) is 5.69 Å². The number of halogens is 1. The van der Waals surface area contributed by atoms with E-state index in [1.54, 1.807) is 10.9 Å². The molecule has 23 heavy (non-hydrogen) atoms. The Labute approximate surface area is 140 Å². The number of carbonyl (C=O) groups excluding carboxylic acids is 1. The van der Waals surface area contributed by atoms with Gasteiger partial charge in [-0.1, -0.05) is 28.9 Å². The minimum absolute atomic E-state index is 0.148. The molecule has 2 N–H and O–H groups in total. The van der Waals surface area contributed by atoms with Crippen LogP contribution in [0.1, 0.15) is 47.9 Å². The number of aromatic nitrogens is 3. The third kappa shape index (κ3) is 3.89. The number of benzene rings is 1. The Kier molecular flexibility index (Phi) is 4.93. The van der Waals surface area contributed by atoms with Crippen LogP contribution < -0.4 is 10.6 Å². The van der Waals surface area contributed by atoms with Gasteiger partial charge in [0, 0.05) is 5.02 Å². The molecular formula is C16H20ClN5O. The molecule has 0 saturated carbocycles. The second-order valence-electron chi connectivity index (χ2n) is 5.82. The maximum Gasteiger partial charge on any atom is 0.273 e. The molecule has 3 rings (SSSR count). The summed E-state index contributed by atoms with van der Waals surface area (Å²) >= 11 is 5.99. The molecule has 1 saturated heterocycles. The van der Waals surface area contributed by atoms with Crippen LogP contribution in [0.5, 0.6) is 0 Å². The summed E-state index contributed by atoms with van der Waals surface area (Å²) in [6.45, 7) is 3.86. The summed E-state index contributed by atoms with van der Waals surface area (Å²) in [5, 5.41) is 15.0. The van der Waals surface area contributed by atoms with Crippen LogP contribution in [0.4, 0.5) is 0 Å². The summed E-state index contributed by atoms with van der Waals surface area (Å²) in [7, 11) is 0. The highest BCUT2D eigenvalue weighted by molar-refractivity contribution is 6.30. The average molecular weight is 334 g/mol. The van der Waals surface area contributed by atoms with Crippen molar-refractivity contribution >= 4 is 17.5 Å². The fourth-order valence-corrected chi connectivity index (χ4v) is 2.96. The van der Waals surface area contributed by atoms with E-state index in [4.69, 9.17) is 11.6 Å². The SMILES string of the molecule is CC(NC(=O)c1cn(C2CCNCC2)nn1)c1cccc(Cl)c1. The van der Waals surface area contributed by atoms with E-state index in [1.165, 1.54) is 0 Å². The Hall–Kier alpha value is -1.92. The molecular weight excluding hydrogens is 314 g/mol. The predicted octanol–water partition coefficient (Wildman–Crippen LogP) is 2.35. The normalized spacial score (nSPS) is 17.0. The number of carbonyl (C=O) groups is 1. The van der Waals surface area contributed by atoms with Crippen LogP contribution in [0, 0.1) is 0 Å². The van der Waals surface area contributed by atoms with E-state index in [0.29, 0.717) is 16.8 Å². The van der Waals surface area contributed by atoms with E-state index < -0.39 is 0 Å². The minimum Gasteiger partial charge on any atom is -0.344 e. The van der Waals surface area contributed by atoms with Crippen LogP contribution >= 0.6 is 11.6 Å². The topological polar surface area (TPSA) is 71.8 Å². The molecule has 1 fully saturated rings. The lowest BCUT2D eigenvalue weighted by atomic mass is 10.1. The Morgan fingerprint density at radius 2 is 2.22 bits per heavy atom. The molecule has 2 aromatic rings. The molecule has 2 heterocycles. The van der Waals surface area contributed by atoms with Gasteiger partial charge in [0.25, 0.3) is 5.91 Å². The van der Waals surface area contributed by atoms with E-state index in [9.17, 15) is 4.79 Å². The molecule has 0 aliphatic carbocycles. The molecule has 1 atom stereocenters. The van der Waals surface area contributed by atoms with Gasteiger partial charge in [-0.15, -0.1) is 5.10 Å². The van der Waals surface area contributed by atoms with Crippen LogP contribution in [0.3, 0.4) is 0 Å². The molecule has 0 spiro atoms. The molecule has 6 nitrogen and oxygen atoms in total. The van der Waals surface area contributed by atoms with Crippen LogP contribution in [0.15, 0.2) is 30.5 Å². The van der Waals surface area contributed by atoms with Gasteiger partial charge in [-0.3, -0.25) is 4.79 Å². The van der Waals surface area contributed by atoms with Crippen LogP contribution in [-0.4, -0.2) is 34.0 Å². The molecule has 1 amide bonds.